The number of likely N-dealkylation sites (tertiary alicyclic amines) is 1. The van der Waals surface area contributed by atoms with E-state index in [1.807, 2.05) is 24.1 Å². The highest BCUT2D eigenvalue weighted by Gasteiger charge is 2.41. The van der Waals surface area contributed by atoms with Gasteiger partial charge in [-0.3, -0.25) is 0 Å². The molecular formula is C25H30F4N2O2. The lowest BCUT2D eigenvalue weighted by molar-refractivity contribution is -0.274. The molecule has 0 N–H and O–H groups in total. The minimum absolute atomic E-state index is 0.0260. The first-order valence-electron chi connectivity index (χ1n) is 11.4. The fourth-order valence-electron chi connectivity index (χ4n) is 5.49. The van der Waals surface area contributed by atoms with Crippen molar-refractivity contribution >= 4 is 5.69 Å². The van der Waals surface area contributed by atoms with Crippen LogP contribution in [0.5, 0.6) is 11.5 Å². The van der Waals surface area contributed by atoms with Gasteiger partial charge in [-0.15, -0.1) is 13.2 Å². The summed E-state index contributed by atoms with van der Waals surface area (Å²) in [6.07, 6.45) is -0.477. The number of alkyl halides is 3. The van der Waals surface area contributed by atoms with Gasteiger partial charge in [-0.25, -0.2) is 4.39 Å². The van der Waals surface area contributed by atoms with E-state index >= 15 is 0 Å². The van der Waals surface area contributed by atoms with Crippen molar-refractivity contribution in [3.8, 4) is 11.5 Å². The van der Waals surface area contributed by atoms with E-state index in [0.717, 1.165) is 38.0 Å². The van der Waals surface area contributed by atoms with Crippen LogP contribution in [0.25, 0.3) is 0 Å². The number of methoxy groups -OCH3 is 1. The van der Waals surface area contributed by atoms with Gasteiger partial charge in [0.15, 0.2) is 0 Å². The molecular weight excluding hydrogens is 436 g/mol. The predicted octanol–water partition coefficient (Wildman–Crippen LogP) is 5.83. The SMILES string of the molecule is COc1ccc(OC(F)(F)F)cc1N(C)[C@H]1CC[C@H](CN2CCCC2)[C@H]1c1ccc(F)cc1. The zero-order chi connectivity index (χ0) is 23.6. The smallest absolute Gasteiger partial charge is 0.495 e. The molecule has 2 fully saturated rings. The van der Waals surface area contributed by atoms with Gasteiger partial charge in [0, 0.05) is 31.6 Å². The first kappa shape index (κ1) is 23.7. The highest BCUT2D eigenvalue weighted by Crippen LogP contribution is 2.46. The van der Waals surface area contributed by atoms with Crippen molar-refractivity contribution in [1.29, 1.82) is 0 Å². The van der Waals surface area contributed by atoms with Crippen LogP contribution in [0, 0.1) is 11.7 Å². The summed E-state index contributed by atoms with van der Waals surface area (Å²) >= 11 is 0. The minimum Gasteiger partial charge on any atom is -0.495 e. The quantitative estimate of drug-likeness (QED) is 0.480. The van der Waals surface area contributed by atoms with Gasteiger partial charge in [-0.1, -0.05) is 12.1 Å². The van der Waals surface area contributed by atoms with E-state index in [4.69, 9.17) is 4.74 Å². The molecule has 1 saturated carbocycles. The third kappa shape index (κ3) is 5.54. The number of anilines is 1. The number of hydrogen-bond acceptors (Lipinski definition) is 4. The molecule has 2 aromatic rings. The fraction of sp³-hybridized carbons (Fsp3) is 0.520. The molecule has 33 heavy (non-hydrogen) atoms. The number of hydrogen-bond donors (Lipinski definition) is 0. The minimum atomic E-state index is -4.77. The molecule has 2 aliphatic rings. The van der Waals surface area contributed by atoms with Crippen LogP contribution in [-0.4, -0.2) is 51.1 Å². The molecule has 8 heteroatoms. The normalized spacial score (nSPS) is 23.6. The molecule has 180 valence electrons. The van der Waals surface area contributed by atoms with E-state index in [0.29, 0.717) is 17.4 Å². The van der Waals surface area contributed by atoms with Crippen LogP contribution in [0.3, 0.4) is 0 Å². The Balaban J connectivity index is 1.65. The second-order valence-corrected chi connectivity index (χ2v) is 8.98. The van der Waals surface area contributed by atoms with Crippen LogP contribution in [0.15, 0.2) is 42.5 Å². The zero-order valence-corrected chi connectivity index (χ0v) is 18.9. The largest absolute Gasteiger partial charge is 0.573 e. The number of rotatable bonds is 7. The Morgan fingerprint density at radius 2 is 1.73 bits per heavy atom. The van der Waals surface area contributed by atoms with Crippen molar-refractivity contribution in [2.24, 2.45) is 5.92 Å². The molecule has 4 rings (SSSR count). The number of likely N-dealkylation sites (N-methyl/N-ethyl adjacent to an activating group) is 1. The Bertz CT molecular complexity index is 929. The summed E-state index contributed by atoms with van der Waals surface area (Å²) < 4.78 is 61.7. The summed E-state index contributed by atoms with van der Waals surface area (Å²) in [5.74, 6) is 0.411. The highest BCUT2D eigenvalue weighted by atomic mass is 19.4. The fourth-order valence-corrected chi connectivity index (χ4v) is 5.49. The average molecular weight is 467 g/mol. The summed E-state index contributed by atoms with van der Waals surface area (Å²) in [6, 6.07) is 10.8. The number of benzene rings is 2. The van der Waals surface area contributed by atoms with E-state index < -0.39 is 6.36 Å². The maximum absolute atomic E-state index is 13.7. The molecule has 0 aromatic heterocycles. The number of halogens is 4. The van der Waals surface area contributed by atoms with Crippen LogP contribution in [0.1, 0.15) is 37.2 Å². The van der Waals surface area contributed by atoms with E-state index in [2.05, 4.69) is 9.64 Å². The topological polar surface area (TPSA) is 24.9 Å². The predicted molar refractivity (Wildman–Crippen MR) is 119 cm³/mol. The summed E-state index contributed by atoms with van der Waals surface area (Å²) in [7, 11) is 3.38. The average Bonchev–Trinajstić information content (AvgIpc) is 3.43. The molecule has 4 nitrogen and oxygen atoms in total. The third-order valence-electron chi connectivity index (χ3n) is 6.96. The molecule has 0 amide bonds. The van der Waals surface area contributed by atoms with Gasteiger partial charge >= 0.3 is 6.36 Å². The lowest BCUT2D eigenvalue weighted by Crippen LogP contribution is -2.37. The summed E-state index contributed by atoms with van der Waals surface area (Å²) in [6.45, 7) is 3.16. The van der Waals surface area contributed by atoms with Gasteiger partial charge < -0.3 is 19.3 Å². The summed E-state index contributed by atoms with van der Waals surface area (Å²) in [5.41, 5.74) is 1.59. The van der Waals surface area contributed by atoms with Crippen molar-refractivity contribution in [3.05, 3.63) is 53.8 Å². The Labute approximate surface area is 192 Å². The molecule has 2 aromatic carbocycles. The van der Waals surface area contributed by atoms with Crippen LogP contribution in [-0.2, 0) is 0 Å². The lowest BCUT2D eigenvalue weighted by atomic mass is 9.85. The second kappa shape index (κ2) is 9.79. The van der Waals surface area contributed by atoms with E-state index in [9.17, 15) is 17.6 Å². The van der Waals surface area contributed by atoms with Gasteiger partial charge in [-0.2, -0.15) is 0 Å². The molecule has 0 spiro atoms. The van der Waals surface area contributed by atoms with Crippen LogP contribution in [0.4, 0.5) is 23.2 Å². The lowest BCUT2D eigenvalue weighted by Gasteiger charge is -2.35. The van der Waals surface area contributed by atoms with E-state index in [-0.39, 0.29) is 23.5 Å². The van der Waals surface area contributed by atoms with Crippen molar-refractivity contribution in [2.75, 3.05) is 38.7 Å². The molecule has 0 bridgehead atoms. The van der Waals surface area contributed by atoms with Crippen molar-refractivity contribution < 1.29 is 27.0 Å². The van der Waals surface area contributed by atoms with Crippen molar-refractivity contribution in [1.82, 2.24) is 4.90 Å². The van der Waals surface area contributed by atoms with Crippen LogP contribution in [0.2, 0.25) is 0 Å². The molecule has 1 saturated heterocycles. The van der Waals surface area contributed by atoms with Gasteiger partial charge in [0.25, 0.3) is 0 Å². The Morgan fingerprint density at radius 1 is 1.03 bits per heavy atom. The maximum Gasteiger partial charge on any atom is 0.573 e. The summed E-state index contributed by atoms with van der Waals surface area (Å²) in [4.78, 5) is 4.49. The molecule has 3 atom stereocenters. The Hall–Kier alpha value is -2.48. The Kier molecular flexibility index (Phi) is 7.02. The molecule has 1 aliphatic carbocycles. The van der Waals surface area contributed by atoms with Gasteiger partial charge in [0.2, 0.25) is 0 Å². The zero-order valence-electron chi connectivity index (χ0n) is 18.9. The van der Waals surface area contributed by atoms with Crippen LogP contribution < -0.4 is 14.4 Å². The third-order valence-corrected chi connectivity index (χ3v) is 6.96. The van der Waals surface area contributed by atoms with Gasteiger partial charge in [-0.05, 0) is 74.5 Å². The molecule has 1 heterocycles. The van der Waals surface area contributed by atoms with E-state index in [1.54, 1.807) is 0 Å². The van der Waals surface area contributed by atoms with Crippen molar-refractivity contribution in [2.45, 2.75) is 44.0 Å². The molecule has 0 unspecified atom stereocenters. The summed E-state index contributed by atoms with van der Waals surface area (Å²) in [5, 5.41) is 0. The Morgan fingerprint density at radius 3 is 2.36 bits per heavy atom. The number of ether oxygens (including phenoxy) is 2. The standard InChI is InChI=1S/C25H30F4N2O2/c1-30(22-15-20(33-25(27,28)29)10-12-23(22)32-2)21-11-7-18(16-31-13-3-4-14-31)24(21)17-5-8-19(26)9-6-17/h5-6,8-10,12,15,18,21,24H,3-4,7,11,13-14,16H2,1-2H3/t18-,21+,24-/m1/s1. The molecule has 0 radical (unpaired) electrons. The van der Waals surface area contributed by atoms with Gasteiger partial charge in [0.05, 0.1) is 12.8 Å². The van der Waals surface area contributed by atoms with Crippen LogP contribution >= 0.6 is 0 Å². The first-order valence-corrected chi connectivity index (χ1v) is 11.4. The second-order valence-electron chi connectivity index (χ2n) is 8.98. The highest BCUT2D eigenvalue weighted by molar-refractivity contribution is 5.62. The number of nitrogens with zero attached hydrogens (tertiary/aromatic N) is 2. The molecule has 1 aliphatic heterocycles. The maximum atomic E-state index is 13.7. The van der Waals surface area contributed by atoms with Crippen molar-refractivity contribution in [3.63, 3.8) is 0 Å². The monoisotopic (exact) mass is 466 g/mol. The van der Waals surface area contributed by atoms with E-state index in [1.165, 1.54) is 50.3 Å². The van der Waals surface area contributed by atoms with Gasteiger partial charge in [0.1, 0.15) is 17.3 Å². The first-order chi connectivity index (χ1) is 15.7.